The number of halogens is 3. The van der Waals surface area contributed by atoms with Crippen LogP contribution in [0.5, 0.6) is 0 Å². The Balaban J connectivity index is 2.30. The van der Waals surface area contributed by atoms with Crippen molar-refractivity contribution in [3.05, 3.63) is 29.3 Å². The number of Topliss-reactive ketones (excluding diaryl/α,β-unsaturated/α-hetero) is 1. The van der Waals surface area contributed by atoms with Crippen molar-refractivity contribution in [2.75, 3.05) is 18.0 Å². The monoisotopic (exact) mass is 257 g/mol. The second-order valence-corrected chi connectivity index (χ2v) is 4.54. The molecule has 0 unspecified atom stereocenters. The molecule has 0 radical (unpaired) electrons. The summed E-state index contributed by atoms with van der Waals surface area (Å²) >= 11 is 0. The maximum absolute atomic E-state index is 12.4. The number of ketones is 1. The highest BCUT2D eigenvalue weighted by Gasteiger charge is 2.32. The Labute approximate surface area is 103 Å². The van der Waals surface area contributed by atoms with E-state index in [-0.39, 0.29) is 5.78 Å². The Morgan fingerprint density at radius 2 is 2.11 bits per heavy atom. The third-order valence-electron chi connectivity index (χ3n) is 3.07. The number of fused-ring (bicyclic) bond motifs is 1. The molecule has 2 rings (SSSR count). The van der Waals surface area contributed by atoms with Gasteiger partial charge in [-0.05, 0) is 43.5 Å². The number of alkyl halides is 3. The fourth-order valence-electron chi connectivity index (χ4n) is 2.27. The SMILES string of the molecule is CC(=O)c1ccc2c(c1)CCCN2CC(F)(F)F. The number of carbonyl (C=O) groups excluding carboxylic acids is 1. The fraction of sp³-hybridized carbons (Fsp3) is 0.462. The number of aryl methyl sites for hydroxylation is 1. The minimum atomic E-state index is -4.20. The Bertz CT molecular complexity index is 468. The van der Waals surface area contributed by atoms with Gasteiger partial charge in [-0.25, -0.2) is 0 Å². The first-order valence-corrected chi connectivity index (χ1v) is 5.82. The molecule has 1 aromatic rings. The lowest BCUT2D eigenvalue weighted by Crippen LogP contribution is -2.37. The van der Waals surface area contributed by atoms with Crippen molar-refractivity contribution in [3.8, 4) is 0 Å². The zero-order valence-corrected chi connectivity index (χ0v) is 10.0. The van der Waals surface area contributed by atoms with Gasteiger partial charge in [-0.15, -0.1) is 0 Å². The fourth-order valence-corrected chi connectivity index (χ4v) is 2.27. The molecule has 0 N–H and O–H groups in total. The summed E-state index contributed by atoms with van der Waals surface area (Å²) in [7, 11) is 0. The van der Waals surface area contributed by atoms with Crippen LogP contribution < -0.4 is 4.90 Å². The van der Waals surface area contributed by atoms with Crippen molar-refractivity contribution in [1.82, 2.24) is 0 Å². The molecule has 1 heterocycles. The Kier molecular flexibility index (Phi) is 3.32. The largest absolute Gasteiger partial charge is 0.405 e. The van der Waals surface area contributed by atoms with Gasteiger partial charge in [0.05, 0.1) is 0 Å². The predicted molar refractivity (Wildman–Crippen MR) is 63.0 cm³/mol. The molecule has 1 aliphatic heterocycles. The Hall–Kier alpha value is -1.52. The second kappa shape index (κ2) is 4.63. The molecule has 18 heavy (non-hydrogen) atoms. The van der Waals surface area contributed by atoms with Gasteiger partial charge in [-0.2, -0.15) is 13.2 Å². The van der Waals surface area contributed by atoms with E-state index in [0.29, 0.717) is 24.2 Å². The van der Waals surface area contributed by atoms with Gasteiger partial charge in [0.1, 0.15) is 6.54 Å². The van der Waals surface area contributed by atoms with Crippen molar-refractivity contribution < 1.29 is 18.0 Å². The molecule has 0 fully saturated rings. The average Bonchev–Trinajstić information content (AvgIpc) is 2.26. The Morgan fingerprint density at radius 3 is 2.72 bits per heavy atom. The van der Waals surface area contributed by atoms with Gasteiger partial charge >= 0.3 is 6.18 Å². The summed E-state index contributed by atoms with van der Waals surface area (Å²) in [5.74, 6) is -0.0641. The molecule has 1 aliphatic rings. The number of carbonyl (C=O) groups is 1. The molecule has 0 amide bonds. The molecule has 0 bridgehead atoms. The van der Waals surface area contributed by atoms with Gasteiger partial charge in [-0.3, -0.25) is 4.79 Å². The van der Waals surface area contributed by atoms with E-state index in [4.69, 9.17) is 0 Å². The molecular formula is C13H14F3NO. The molecule has 0 spiro atoms. The number of rotatable bonds is 2. The molecule has 0 atom stereocenters. The van der Waals surface area contributed by atoms with Crippen molar-refractivity contribution in [3.63, 3.8) is 0 Å². The van der Waals surface area contributed by atoms with Crippen LogP contribution in [-0.2, 0) is 6.42 Å². The molecule has 0 saturated carbocycles. The second-order valence-electron chi connectivity index (χ2n) is 4.54. The number of hydrogen-bond donors (Lipinski definition) is 0. The molecule has 0 aliphatic carbocycles. The molecule has 2 nitrogen and oxygen atoms in total. The van der Waals surface area contributed by atoms with E-state index < -0.39 is 12.7 Å². The van der Waals surface area contributed by atoms with E-state index in [1.54, 1.807) is 18.2 Å². The average molecular weight is 257 g/mol. The maximum Gasteiger partial charge on any atom is 0.405 e. The first-order valence-electron chi connectivity index (χ1n) is 5.82. The van der Waals surface area contributed by atoms with Crippen LogP contribution in [0, 0.1) is 0 Å². The Morgan fingerprint density at radius 1 is 1.39 bits per heavy atom. The molecule has 0 saturated heterocycles. The molecule has 98 valence electrons. The van der Waals surface area contributed by atoms with Gasteiger partial charge in [0.15, 0.2) is 5.78 Å². The first-order chi connectivity index (χ1) is 8.37. The summed E-state index contributed by atoms with van der Waals surface area (Å²) in [5, 5.41) is 0. The predicted octanol–water partition coefficient (Wildman–Crippen LogP) is 3.20. The summed E-state index contributed by atoms with van der Waals surface area (Å²) in [6.45, 7) is 0.934. The lowest BCUT2D eigenvalue weighted by Gasteiger charge is -2.32. The van der Waals surface area contributed by atoms with Gasteiger partial charge < -0.3 is 4.90 Å². The van der Waals surface area contributed by atoms with E-state index in [0.717, 1.165) is 12.0 Å². The quantitative estimate of drug-likeness (QED) is 0.758. The van der Waals surface area contributed by atoms with Crippen LogP contribution in [0.3, 0.4) is 0 Å². The standard InChI is InChI=1S/C13H14F3NO/c1-9(18)10-4-5-12-11(7-10)3-2-6-17(12)8-13(14,15)16/h4-5,7H,2-3,6,8H2,1H3. The summed E-state index contributed by atoms with van der Waals surface area (Å²) in [5.41, 5.74) is 1.99. The van der Waals surface area contributed by atoms with Crippen LogP contribution in [0.15, 0.2) is 18.2 Å². The van der Waals surface area contributed by atoms with E-state index in [2.05, 4.69) is 0 Å². The number of hydrogen-bond acceptors (Lipinski definition) is 2. The number of anilines is 1. The molecular weight excluding hydrogens is 243 g/mol. The lowest BCUT2D eigenvalue weighted by molar-refractivity contribution is -0.119. The van der Waals surface area contributed by atoms with Gasteiger partial charge in [-0.1, -0.05) is 0 Å². The number of nitrogens with zero attached hydrogens (tertiary/aromatic N) is 1. The molecule has 0 aromatic heterocycles. The zero-order valence-electron chi connectivity index (χ0n) is 10.0. The zero-order chi connectivity index (χ0) is 13.3. The highest BCUT2D eigenvalue weighted by molar-refractivity contribution is 5.94. The topological polar surface area (TPSA) is 20.3 Å². The van der Waals surface area contributed by atoms with Crippen LogP contribution in [0.25, 0.3) is 0 Å². The summed E-state index contributed by atoms with van der Waals surface area (Å²) in [6.07, 6.45) is -2.79. The third kappa shape index (κ3) is 2.83. The van der Waals surface area contributed by atoms with Crippen LogP contribution in [0.1, 0.15) is 29.3 Å². The van der Waals surface area contributed by atoms with E-state index in [1.807, 2.05) is 0 Å². The number of benzene rings is 1. The summed E-state index contributed by atoms with van der Waals surface area (Å²) < 4.78 is 37.3. The smallest absolute Gasteiger partial charge is 0.362 e. The van der Waals surface area contributed by atoms with Crippen molar-refractivity contribution >= 4 is 11.5 Å². The van der Waals surface area contributed by atoms with Crippen molar-refractivity contribution in [1.29, 1.82) is 0 Å². The van der Waals surface area contributed by atoms with Gasteiger partial charge in [0.2, 0.25) is 0 Å². The minimum Gasteiger partial charge on any atom is -0.362 e. The third-order valence-corrected chi connectivity index (χ3v) is 3.07. The van der Waals surface area contributed by atoms with E-state index in [9.17, 15) is 18.0 Å². The first kappa shape index (κ1) is 12.9. The highest BCUT2D eigenvalue weighted by atomic mass is 19.4. The summed E-state index contributed by atoms with van der Waals surface area (Å²) in [6, 6.07) is 4.92. The van der Waals surface area contributed by atoms with E-state index in [1.165, 1.54) is 11.8 Å². The highest BCUT2D eigenvalue weighted by Crippen LogP contribution is 2.30. The minimum absolute atomic E-state index is 0.0641. The lowest BCUT2D eigenvalue weighted by atomic mass is 9.98. The van der Waals surface area contributed by atoms with Crippen LogP contribution in [0.4, 0.5) is 18.9 Å². The normalized spacial score (nSPS) is 15.4. The van der Waals surface area contributed by atoms with E-state index >= 15 is 0 Å². The van der Waals surface area contributed by atoms with Crippen molar-refractivity contribution in [2.45, 2.75) is 25.9 Å². The maximum atomic E-state index is 12.4. The molecule has 1 aromatic carbocycles. The van der Waals surface area contributed by atoms with Gasteiger partial charge in [0, 0.05) is 17.8 Å². The summed E-state index contributed by atoms with van der Waals surface area (Å²) in [4.78, 5) is 12.6. The van der Waals surface area contributed by atoms with Crippen LogP contribution in [0.2, 0.25) is 0 Å². The molecule has 5 heteroatoms. The van der Waals surface area contributed by atoms with Crippen LogP contribution >= 0.6 is 0 Å². The van der Waals surface area contributed by atoms with Crippen LogP contribution in [-0.4, -0.2) is 25.0 Å². The van der Waals surface area contributed by atoms with Gasteiger partial charge in [0.25, 0.3) is 0 Å². The van der Waals surface area contributed by atoms with Crippen molar-refractivity contribution in [2.24, 2.45) is 0 Å².